The number of nitrogens with zero attached hydrogens (tertiary/aromatic N) is 1. The fourth-order valence-electron chi connectivity index (χ4n) is 3.34. The Morgan fingerprint density at radius 2 is 1.82 bits per heavy atom. The molecule has 0 saturated carbocycles. The van der Waals surface area contributed by atoms with Crippen molar-refractivity contribution in [3.05, 3.63) is 48.4 Å². The van der Waals surface area contributed by atoms with Crippen LogP contribution in [0.1, 0.15) is 33.1 Å². The van der Waals surface area contributed by atoms with Crippen LogP contribution in [-0.2, 0) is 4.79 Å². The molecule has 1 amide bonds. The molecule has 1 aromatic heterocycles. The molecule has 0 saturated heterocycles. The van der Waals surface area contributed by atoms with Crippen LogP contribution in [0.3, 0.4) is 0 Å². The molecular weight excluding hydrogens is 457 g/mol. The molecule has 1 heterocycles. The lowest BCUT2D eigenvalue weighted by Gasteiger charge is -2.14. The normalized spacial score (nSPS) is 10.8. The van der Waals surface area contributed by atoms with Gasteiger partial charge in [-0.1, -0.05) is 20.3 Å². The average Bonchev–Trinajstić information content (AvgIpc) is 2.79. The number of aromatic nitrogens is 1. The van der Waals surface area contributed by atoms with Crippen molar-refractivity contribution in [2.75, 3.05) is 19.5 Å². The smallest absolute Gasteiger partial charge is 0.226 e. The molecule has 0 atom stereocenters. The maximum absolute atomic E-state index is 14.7. The van der Waals surface area contributed by atoms with Crippen LogP contribution in [0.4, 0.5) is 10.1 Å². The van der Waals surface area contributed by atoms with Crippen molar-refractivity contribution >= 4 is 39.8 Å². The van der Waals surface area contributed by atoms with Gasteiger partial charge in [0.1, 0.15) is 17.3 Å². The summed E-state index contributed by atoms with van der Waals surface area (Å²) < 4.78 is 31.3. The first kappa shape index (κ1) is 25.2. The Bertz CT molecular complexity index is 1190. The van der Waals surface area contributed by atoms with Crippen molar-refractivity contribution in [2.45, 2.75) is 33.1 Å². The first-order chi connectivity index (χ1) is 16.3. The highest BCUT2D eigenvalue weighted by atomic mass is 32.1. The van der Waals surface area contributed by atoms with E-state index in [0.29, 0.717) is 40.5 Å². The van der Waals surface area contributed by atoms with E-state index in [0.717, 1.165) is 12.8 Å². The van der Waals surface area contributed by atoms with Gasteiger partial charge in [0.15, 0.2) is 16.6 Å². The number of anilines is 1. The van der Waals surface area contributed by atoms with Gasteiger partial charge in [0.05, 0.1) is 25.4 Å². The highest BCUT2D eigenvalue weighted by Gasteiger charge is 2.13. The molecule has 0 radical (unpaired) electrons. The molecule has 0 fully saturated rings. The van der Waals surface area contributed by atoms with E-state index in [-0.39, 0.29) is 22.5 Å². The Labute approximate surface area is 203 Å². The van der Waals surface area contributed by atoms with E-state index in [4.69, 9.17) is 26.4 Å². The summed E-state index contributed by atoms with van der Waals surface area (Å²) >= 11 is 5.14. The summed E-state index contributed by atoms with van der Waals surface area (Å²) in [4.78, 5) is 16.3. The topological polar surface area (TPSA) is 81.7 Å². The minimum Gasteiger partial charge on any atom is -0.493 e. The number of amides is 1. The van der Waals surface area contributed by atoms with Crippen molar-refractivity contribution in [2.24, 2.45) is 5.92 Å². The van der Waals surface area contributed by atoms with E-state index >= 15 is 0 Å². The van der Waals surface area contributed by atoms with Gasteiger partial charge in [-0.05, 0) is 48.8 Å². The molecule has 2 aromatic carbocycles. The van der Waals surface area contributed by atoms with Crippen LogP contribution in [0.5, 0.6) is 23.0 Å². The highest BCUT2D eigenvalue weighted by molar-refractivity contribution is 7.80. The molecule has 0 spiro atoms. The lowest BCUT2D eigenvalue weighted by atomic mass is 10.1. The Morgan fingerprint density at radius 1 is 1.09 bits per heavy atom. The van der Waals surface area contributed by atoms with Crippen LogP contribution in [0.25, 0.3) is 10.9 Å². The molecule has 9 heteroatoms. The first-order valence-corrected chi connectivity index (χ1v) is 11.3. The molecule has 3 rings (SSSR count). The van der Waals surface area contributed by atoms with Crippen molar-refractivity contribution in [1.29, 1.82) is 0 Å². The summed E-state index contributed by atoms with van der Waals surface area (Å²) in [6, 6.07) is 9.52. The fourth-order valence-corrected chi connectivity index (χ4v) is 3.56. The van der Waals surface area contributed by atoms with E-state index < -0.39 is 5.82 Å². The fraction of sp³-hybridized carbons (Fsp3) is 0.320. The predicted molar refractivity (Wildman–Crippen MR) is 134 cm³/mol. The number of pyridine rings is 1. The number of hydrogen-bond donors (Lipinski definition) is 2. The van der Waals surface area contributed by atoms with Gasteiger partial charge < -0.3 is 24.8 Å². The standard InChI is InChI=1S/C25H28FN3O4S/c1-15(2)6-5-7-24(30)29-25(34)28-19-9-8-16(12-18(19)26)33-21-10-11-27-20-14-23(32-4)22(31-3)13-17(20)21/h8-15H,5-7H2,1-4H3,(H2,28,29,30,34). The quantitative estimate of drug-likeness (QED) is 0.370. The molecule has 34 heavy (non-hydrogen) atoms. The van der Waals surface area contributed by atoms with Gasteiger partial charge in [-0.15, -0.1) is 0 Å². The number of ether oxygens (including phenoxy) is 3. The number of nitrogens with one attached hydrogen (secondary N) is 2. The number of rotatable bonds is 9. The summed E-state index contributed by atoms with van der Waals surface area (Å²) in [6.45, 7) is 4.21. The zero-order valence-corrected chi connectivity index (χ0v) is 20.4. The van der Waals surface area contributed by atoms with Gasteiger partial charge in [-0.25, -0.2) is 4.39 Å². The Balaban J connectivity index is 1.69. The summed E-state index contributed by atoms with van der Waals surface area (Å²) in [5.41, 5.74) is 0.772. The van der Waals surface area contributed by atoms with E-state index in [9.17, 15) is 9.18 Å². The number of thiocarbonyl (C=S) groups is 1. The molecule has 3 aromatic rings. The average molecular weight is 486 g/mol. The van der Waals surface area contributed by atoms with Crippen LogP contribution in [0.2, 0.25) is 0 Å². The van der Waals surface area contributed by atoms with Crippen LogP contribution in [0, 0.1) is 11.7 Å². The predicted octanol–water partition coefficient (Wildman–Crippen LogP) is 5.82. The Kier molecular flexibility index (Phi) is 8.59. The monoisotopic (exact) mass is 485 g/mol. The number of methoxy groups -OCH3 is 2. The van der Waals surface area contributed by atoms with Crippen molar-refractivity contribution < 1.29 is 23.4 Å². The molecule has 0 aliphatic rings. The van der Waals surface area contributed by atoms with Crippen molar-refractivity contribution in [3.8, 4) is 23.0 Å². The van der Waals surface area contributed by atoms with Gasteiger partial charge >= 0.3 is 0 Å². The van der Waals surface area contributed by atoms with Gasteiger partial charge in [0, 0.05) is 30.1 Å². The van der Waals surface area contributed by atoms with E-state index in [1.165, 1.54) is 12.1 Å². The van der Waals surface area contributed by atoms with E-state index in [1.54, 1.807) is 44.7 Å². The van der Waals surface area contributed by atoms with Gasteiger partial charge in [-0.2, -0.15) is 0 Å². The summed E-state index contributed by atoms with van der Waals surface area (Å²) in [6.07, 6.45) is 3.69. The number of carbonyl (C=O) groups is 1. The van der Waals surface area contributed by atoms with Crippen molar-refractivity contribution in [1.82, 2.24) is 10.3 Å². The summed E-state index contributed by atoms with van der Waals surface area (Å²) in [5, 5.41) is 6.02. The Morgan fingerprint density at radius 3 is 2.50 bits per heavy atom. The third kappa shape index (κ3) is 6.54. The molecule has 180 valence electrons. The van der Waals surface area contributed by atoms with Crippen LogP contribution in [0.15, 0.2) is 42.6 Å². The third-order valence-electron chi connectivity index (χ3n) is 5.06. The van der Waals surface area contributed by atoms with E-state index in [2.05, 4.69) is 29.5 Å². The van der Waals surface area contributed by atoms with Crippen LogP contribution >= 0.6 is 12.2 Å². The minimum atomic E-state index is -0.577. The molecule has 0 aliphatic heterocycles. The molecular formula is C25H28FN3O4S. The van der Waals surface area contributed by atoms with Gasteiger partial charge in [-0.3, -0.25) is 9.78 Å². The second kappa shape index (κ2) is 11.6. The zero-order valence-electron chi connectivity index (χ0n) is 19.6. The Hall–Kier alpha value is -3.46. The second-order valence-corrected chi connectivity index (χ2v) is 8.47. The maximum Gasteiger partial charge on any atom is 0.226 e. The third-order valence-corrected chi connectivity index (χ3v) is 5.27. The summed E-state index contributed by atoms with van der Waals surface area (Å²) in [5.74, 6) is 1.59. The molecule has 0 aliphatic carbocycles. The van der Waals surface area contributed by atoms with Crippen LogP contribution in [-0.4, -0.2) is 30.2 Å². The number of carbonyl (C=O) groups excluding carboxylic acids is 1. The number of benzene rings is 2. The van der Waals surface area contributed by atoms with Crippen molar-refractivity contribution in [3.63, 3.8) is 0 Å². The second-order valence-electron chi connectivity index (χ2n) is 8.07. The largest absolute Gasteiger partial charge is 0.493 e. The number of fused-ring (bicyclic) bond motifs is 1. The first-order valence-electron chi connectivity index (χ1n) is 10.9. The lowest BCUT2D eigenvalue weighted by molar-refractivity contribution is -0.119. The molecule has 0 unspecified atom stereocenters. The maximum atomic E-state index is 14.7. The number of hydrogen-bond acceptors (Lipinski definition) is 6. The molecule has 7 nitrogen and oxygen atoms in total. The number of halogens is 1. The minimum absolute atomic E-state index is 0.0447. The SMILES string of the molecule is COc1cc2nccc(Oc3ccc(NC(=S)NC(=O)CCCC(C)C)c(F)c3)c2cc1OC. The molecule has 2 N–H and O–H groups in total. The highest BCUT2D eigenvalue weighted by Crippen LogP contribution is 2.37. The van der Waals surface area contributed by atoms with Gasteiger partial charge in [0.25, 0.3) is 0 Å². The molecule has 0 bridgehead atoms. The zero-order chi connectivity index (χ0) is 24.7. The van der Waals surface area contributed by atoms with Crippen LogP contribution < -0.4 is 24.8 Å². The van der Waals surface area contributed by atoms with E-state index in [1.807, 2.05) is 0 Å². The summed E-state index contributed by atoms with van der Waals surface area (Å²) in [7, 11) is 3.09. The lowest BCUT2D eigenvalue weighted by Crippen LogP contribution is -2.34. The van der Waals surface area contributed by atoms with Gasteiger partial charge in [0.2, 0.25) is 5.91 Å².